The van der Waals surface area contributed by atoms with Gasteiger partial charge in [-0.15, -0.1) is 0 Å². The van der Waals surface area contributed by atoms with Crippen molar-refractivity contribution in [2.45, 2.75) is 59.4 Å². The second-order valence-corrected chi connectivity index (χ2v) is 6.76. The SMILES string of the molecule is CCNC(CC(C)(C)C)c1ccc2c(c1)CCC2. The first-order valence-corrected chi connectivity index (χ1v) is 7.34. The van der Waals surface area contributed by atoms with Crippen molar-refractivity contribution in [1.82, 2.24) is 5.32 Å². The summed E-state index contributed by atoms with van der Waals surface area (Å²) < 4.78 is 0. The molecule has 0 saturated carbocycles. The smallest absolute Gasteiger partial charge is 0.0325 e. The van der Waals surface area contributed by atoms with Crippen LogP contribution < -0.4 is 5.32 Å². The highest BCUT2D eigenvalue weighted by atomic mass is 14.9. The number of rotatable bonds is 4. The van der Waals surface area contributed by atoms with E-state index >= 15 is 0 Å². The van der Waals surface area contributed by atoms with E-state index in [-0.39, 0.29) is 0 Å². The topological polar surface area (TPSA) is 12.0 Å². The fourth-order valence-corrected chi connectivity index (χ4v) is 2.98. The summed E-state index contributed by atoms with van der Waals surface area (Å²) >= 11 is 0. The average Bonchev–Trinajstić information content (AvgIpc) is 2.73. The molecule has 2 rings (SSSR count). The molecule has 1 aromatic rings. The fraction of sp³-hybridized carbons (Fsp3) is 0.647. The molecule has 0 fully saturated rings. The molecule has 0 amide bonds. The molecule has 0 radical (unpaired) electrons. The Morgan fingerprint density at radius 2 is 1.89 bits per heavy atom. The van der Waals surface area contributed by atoms with Gasteiger partial charge in [-0.25, -0.2) is 0 Å². The molecular formula is C17H27N. The van der Waals surface area contributed by atoms with Gasteiger partial charge in [0.25, 0.3) is 0 Å². The summed E-state index contributed by atoms with van der Waals surface area (Å²) in [5, 5.41) is 3.65. The Labute approximate surface area is 112 Å². The maximum absolute atomic E-state index is 3.65. The molecule has 1 atom stereocenters. The molecule has 0 heterocycles. The predicted octanol–water partition coefficient (Wildman–Crippen LogP) is 4.26. The molecule has 1 aliphatic carbocycles. The fourth-order valence-electron chi connectivity index (χ4n) is 2.98. The van der Waals surface area contributed by atoms with Gasteiger partial charge in [0, 0.05) is 6.04 Å². The van der Waals surface area contributed by atoms with Gasteiger partial charge in [0.15, 0.2) is 0 Å². The van der Waals surface area contributed by atoms with E-state index in [1.165, 1.54) is 31.2 Å². The number of fused-ring (bicyclic) bond motifs is 1. The van der Waals surface area contributed by atoms with Crippen molar-refractivity contribution < 1.29 is 0 Å². The van der Waals surface area contributed by atoms with Crippen LogP contribution in [0.4, 0.5) is 0 Å². The van der Waals surface area contributed by atoms with Crippen molar-refractivity contribution in [1.29, 1.82) is 0 Å². The van der Waals surface area contributed by atoms with Crippen molar-refractivity contribution >= 4 is 0 Å². The molecule has 1 aliphatic rings. The number of aryl methyl sites for hydroxylation is 2. The van der Waals surface area contributed by atoms with E-state index in [1.54, 1.807) is 11.1 Å². The first kappa shape index (κ1) is 13.6. The van der Waals surface area contributed by atoms with Crippen molar-refractivity contribution in [2.75, 3.05) is 6.54 Å². The third-order valence-electron chi connectivity index (χ3n) is 3.79. The summed E-state index contributed by atoms with van der Waals surface area (Å²) in [7, 11) is 0. The van der Waals surface area contributed by atoms with Crippen molar-refractivity contribution in [2.24, 2.45) is 5.41 Å². The summed E-state index contributed by atoms with van der Waals surface area (Å²) in [5.41, 5.74) is 5.01. The van der Waals surface area contributed by atoms with Crippen LogP contribution in [0.3, 0.4) is 0 Å². The summed E-state index contributed by atoms with van der Waals surface area (Å²) in [4.78, 5) is 0. The lowest BCUT2D eigenvalue weighted by atomic mass is 9.85. The Hall–Kier alpha value is -0.820. The normalized spacial score (nSPS) is 16.7. The molecule has 0 aromatic heterocycles. The van der Waals surface area contributed by atoms with Crippen LogP contribution in [-0.4, -0.2) is 6.54 Å². The zero-order valence-corrected chi connectivity index (χ0v) is 12.3. The molecule has 1 aromatic carbocycles. The van der Waals surface area contributed by atoms with Gasteiger partial charge in [0.1, 0.15) is 0 Å². The molecular weight excluding hydrogens is 218 g/mol. The van der Waals surface area contributed by atoms with Gasteiger partial charge in [0.05, 0.1) is 0 Å². The van der Waals surface area contributed by atoms with Crippen LogP contribution in [0.5, 0.6) is 0 Å². The molecule has 1 nitrogen and oxygen atoms in total. The maximum Gasteiger partial charge on any atom is 0.0325 e. The summed E-state index contributed by atoms with van der Waals surface area (Å²) in [6.07, 6.45) is 5.09. The zero-order valence-electron chi connectivity index (χ0n) is 12.3. The third kappa shape index (κ3) is 3.35. The van der Waals surface area contributed by atoms with E-state index in [9.17, 15) is 0 Å². The first-order chi connectivity index (χ1) is 8.49. The Balaban J connectivity index is 2.20. The Bertz CT molecular complexity index is 401. The highest BCUT2D eigenvalue weighted by Crippen LogP contribution is 2.32. The van der Waals surface area contributed by atoms with Gasteiger partial charge >= 0.3 is 0 Å². The minimum absolute atomic E-state index is 0.367. The molecule has 1 unspecified atom stereocenters. The van der Waals surface area contributed by atoms with E-state index in [4.69, 9.17) is 0 Å². The molecule has 0 aliphatic heterocycles. The second-order valence-electron chi connectivity index (χ2n) is 6.76. The van der Waals surface area contributed by atoms with Gasteiger partial charge in [-0.05, 0) is 54.3 Å². The molecule has 100 valence electrons. The third-order valence-corrected chi connectivity index (χ3v) is 3.79. The van der Waals surface area contributed by atoms with Crippen LogP contribution in [0, 0.1) is 5.41 Å². The first-order valence-electron chi connectivity index (χ1n) is 7.34. The number of benzene rings is 1. The van der Waals surface area contributed by atoms with Gasteiger partial charge < -0.3 is 5.32 Å². The van der Waals surface area contributed by atoms with E-state index < -0.39 is 0 Å². The van der Waals surface area contributed by atoms with Gasteiger partial charge in [-0.2, -0.15) is 0 Å². The molecule has 0 spiro atoms. The Kier molecular flexibility index (Phi) is 4.11. The lowest BCUT2D eigenvalue weighted by Crippen LogP contribution is -2.25. The van der Waals surface area contributed by atoms with Crippen molar-refractivity contribution in [3.63, 3.8) is 0 Å². The van der Waals surface area contributed by atoms with Crippen LogP contribution in [0.2, 0.25) is 0 Å². The zero-order chi connectivity index (χ0) is 13.2. The van der Waals surface area contributed by atoms with E-state index in [0.29, 0.717) is 11.5 Å². The average molecular weight is 245 g/mol. The predicted molar refractivity (Wildman–Crippen MR) is 79.0 cm³/mol. The lowest BCUT2D eigenvalue weighted by Gasteiger charge is -2.27. The standard InChI is InChI=1S/C17H27N/c1-5-18-16(12-17(2,3)4)15-10-9-13-7-6-8-14(13)11-15/h9-11,16,18H,5-8,12H2,1-4H3. The summed E-state index contributed by atoms with van der Waals surface area (Å²) in [6.45, 7) is 10.2. The van der Waals surface area contributed by atoms with Crippen LogP contribution in [0.25, 0.3) is 0 Å². The quantitative estimate of drug-likeness (QED) is 0.835. The Morgan fingerprint density at radius 3 is 2.56 bits per heavy atom. The number of hydrogen-bond donors (Lipinski definition) is 1. The van der Waals surface area contributed by atoms with Gasteiger partial charge in [0.2, 0.25) is 0 Å². The number of hydrogen-bond acceptors (Lipinski definition) is 1. The maximum atomic E-state index is 3.65. The summed E-state index contributed by atoms with van der Waals surface area (Å²) in [5.74, 6) is 0. The highest BCUT2D eigenvalue weighted by Gasteiger charge is 2.21. The van der Waals surface area contributed by atoms with Gasteiger partial charge in [-0.3, -0.25) is 0 Å². The number of nitrogens with one attached hydrogen (secondary N) is 1. The van der Waals surface area contributed by atoms with E-state index in [0.717, 1.165) is 6.54 Å². The molecule has 0 saturated heterocycles. The second kappa shape index (κ2) is 5.44. The molecule has 1 heteroatoms. The van der Waals surface area contributed by atoms with Crippen LogP contribution in [-0.2, 0) is 12.8 Å². The monoisotopic (exact) mass is 245 g/mol. The summed E-state index contributed by atoms with van der Waals surface area (Å²) in [6, 6.07) is 7.64. The molecule has 0 bridgehead atoms. The Morgan fingerprint density at radius 1 is 1.17 bits per heavy atom. The molecule has 1 N–H and O–H groups in total. The largest absolute Gasteiger partial charge is 0.310 e. The lowest BCUT2D eigenvalue weighted by molar-refractivity contribution is 0.314. The van der Waals surface area contributed by atoms with Crippen LogP contribution in [0.15, 0.2) is 18.2 Å². The van der Waals surface area contributed by atoms with Crippen LogP contribution >= 0.6 is 0 Å². The highest BCUT2D eigenvalue weighted by molar-refractivity contribution is 5.36. The molecule has 18 heavy (non-hydrogen) atoms. The minimum atomic E-state index is 0.367. The van der Waals surface area contributed by atoms with Crippen molar-refractivity contribution in [3.8, 4) is 0 Å². The van der Waals surface area contributed by atoms with E-state index in [2.05, 4.69) is 51.2 Å². The van der Waals surface area contributed by atoms with Crippen molar-refractivity contribution in [3.05, 3.63) is 34.9 Å². The van der Waals surface area contributed by atoms with Gasteiger partial charge in [-0.1, -0.05) is 45.9 Å². The van der Waals surface area contributed by atoms with Crippen LogP contribution in [0.1, 0.15) is 63.3 Å². The minimum Gasteiger partial charge on any atom is -0.310 e. The van der Waals surface area contributed by atoms with E-state index in [1.807, 2.05) is 0 Å².